The summed E-state index contributed by atoms with van der Waals surface area (Å²) in [7, 11) is -2.23. The van der Waals surface area contributed by atoms with Crippen LogP contribution in [0.4, 0.5) is 13.2 Å². The van der Waals surface area contributed by atoms with Crippen molar-refractivity contribution in [2.24, 2.45) is 0 Å². The Morgan fingerprint density at radius 3 is 2.55 bits per heavy atom. The fraction of sp³-hybridized carbons (Fsp3) is 0.500. The predicted octanol–water partition coefficient (Wildman–Crippen LogP) is 2.33. The summed E-state index contributed by atoms with van der Waals surface area (Å²) in [6.07, 6.45) is -4.45. The van der Waals surface area contributed by atoms with Gasteiger partial charge in [0.15, 0.2) is 0 Å². The molecule has 114 valence electrons. The first-order chi connectivity index (χ1) is 9.15. The van der Waals surface area contributed by atoms with E-state index in [1.807, 2.05) is 0 Å². The van der Waals surface area contributed by atoms with E-state index in [2.05, 4.69) is 9.46 Å². The lowest BCUT2D eigenvalue weighted by atomic mass is 10.1. The molecule has 1 atom stereocenters. The number of rotatable bonds is 6. The Hall–Kier alpha value is -1.12. The standard InChI is InChI=1S/C12H16F3NO3S/c1-9(16-20(17,18)7-6-19-2)10-4-3-5-11(8-10)12(13,14)15/h3-5,8-9,16H,6-7H2,1-2H3/t9-/m1/s1. The third-order valence-corrected chi connectivity index (χ3v) is 4.04. The van der Waals surface area contributed by atoms with E-state index in [9.17, 15) is 21.6 Å². The summed E-state index contributed by atoms with van der Waals surface area (Å²) in [5.41, 5.74) is -0.557. The number of sulfonamides is 1. The number of hydrogen-bond acceptors (Lipinski definition) is 3. The molecular formula is C12H16F3NO3S. The number of nitrogens with one attached hydrogen (secondary N) is 1. The molecule has 0 aromatic heterocycles. The van der Waals surface area contributed by atoms with Gasteiger partial charge in [0.05, 0.1) is 17.9 Å². The van der Waals surface area contributed by atoms with Gasteiger partial charge in [-0.1, -0.05) is 12.1 Å². The van der Waals surface area contributed by atoms with Gasteiger partial charge >= 0.3 is 6.18 Å². The molecule has 0 saturated carbocycles. The SMILES string of the molecule is COCCS(=O)(=O)N[C@H](C)c1cccc(C(F)(F)F)c1. The van der Waals surface area contributed by atoms with Crippen LogP contribution in [0.2, 0.25) is 0 Å². The molecule has 8 heteroatoms. The van der Waals surface area contributed by atoms with Gasteiger partial charge in [-0.15, -0.1) is 0 Å². The zero-order valence-electron chi connectivity index (χ0n) is 11.1. The number of methoxy groups -OCH3 is 1. The maximum Gasteiger partial charge on any atom is 0.416 e. The van der Waals surface area contributed by atoms with E-state index >= 15 is 0 Å². The van der Waals surface area contributed by atoms with E-state index in [0.717, 1.165) is 12.1 Å². The lowest BCUT2D eigenvalue weighted by Crippen LogP contribution is -2.30. The van der Waals surface area contributed by atoms with Gasteiger partial charge in [-0.2, -0.15) is 13.2 Å². The number of hydrogen-bond donors (Lipinski definition) is 1. The number of benzene rings is 1. The fourth-order valence-electron chi connectivity index (χ4n) is 1.57. The summed E-state index contributed by atoms with van der Waals surface area (Å²) in [6, 6.07) is 3.81. The highest BCUT2D eigenvalue weighted by Crippen LogP contribution is 2.30. The van der Waals surface area contributed by atoms with Crippen molar-refractivity contribution in [3.63, 3.8) is 0 Å². The van der Waals surface area contributed by atoms with Crippen molar-refractivity contribution in [2.75, 3.05) is 19.5 Å². The highest BCUT2D eigenvalue weighted by molar-refractivity contribution is 7.89. The van der Waals surface area contributed by atoms with Gasteiger partial charge in [0.25, 0.3) is 0 Å². The average Bonchev–Trinajstić information content (AvgIpc) is 2.35. The van der Waals surface area contributed by atoms with E-state index in [1.54, 1.807) is 0 Å². The van der Waals surface area contributed by atoms with Crippen LogP contribution in [-0.4, -0.2) is 27.9 Å². The molecule has 0 spiro atoms. The average molecular weight is 311 g/mol. The molecule has 0 heterocycles. The van der Waals surface area contributed by atoms with Crippen LogP contribution >= 0.6 is 0 Å². The first-order valence-corrected chi connectivity index (χ1v) is 7.47. The zero-order chi connectivity index (χ0) is 15.4. The molecule has 0 unspecified atom stereocenters. The molecule has 0 aliphatic rings. The highest BCUT2D eigenvalue weighted by Gasteiger charge is 2.30. The first-order valence-electron chi connectivity index (χ1n) is 5.82. The Morgan fingerprint density at radius 1 is 1.35 bits per heavy atom. The number of alkyl halides is 3. The number of ether oxygens (including phenoxy) is 1. The normalized spacial score (nSPS) is 14.2. The van der Waals surface area contributed by atoms with Crippen LogP contribution in [0.3, 0.4) is 0 Å². The Bertz CT molecular complexity index is 543. The first kappa shape index (κ1) is 16.9. The van der Waals surface area contributed by atoms with Gasteiger partial charge in [0.2, 0.25) is 10.0 Å². The number of halogens is 3. The maximum absolute atomic E-state index is 12.6. The van der Waals surface area contributed by atoms with Gasteiger partial charge in [-0.3, -0.25) is 0 Å². The monoisotopic (exact) mass is 311 g/mol. The predicted molar refractivity (Wildman–Crippen MR) is 68.7 cm³/mol. The Balaban J connectivity index is 2.85. The molecule has 0 bridgehead atoms. The van der Waals surface area contributed by atoms with E-state index in [0.29, 0.717) is 0 Å². The second-order valence-electron chi connectivity index (χ2n) is 4.27. The van der Waals surface area contributed by atoms with Gasteiger partial charge in [0, 0.05) is 13.2 Å². The smallest absolute Gasteiger partial charge is 0.384 e. The maximum atomic E-state index is 12.6. The molecule has 0 fully saturated rings. The summed E-state index contributed by atoms with van der Waals surface area (Å²) >= 11 is 0. The fourth-order valence-corrected chi connectivity index (χ4v) is 2.75. The summed E-state index contributed by atoms with van der Waals surface area (Å²) in [4.78, 5) is 0. The minimum Gasteiger partial charge on any atom is -0.384 e. The van der Waals surface area contributed by atoms with Crippen molar-refractivity contribution < 1.29 is 26.3 Å². The molecule has 0 saturated heterocycles. The lowest BCUT2D eigenvalue weighted by Gasteiger charge is -2.16. The van der Waals surface area contributed by atoms with Crippen LogP contribution in [0, 0.1) is 0 Å². The summed E-state index contributed by atoms with van der Waals surface area (Å²) in [5, 5.41) is 0. The topological polar surface area (TPSA) is 55.4 Å². The van der Waals surface area contributed by atoms with Crippen LogP contribution in [0.1, 0.15) is 24.1 Å². The van der Waals surface area contributed by atoms with E-state index in [1.165, 1.54) is 26.2 Å². The molecule has 1 rings (SSSR count). The third kappa shape index (κ3) is 5.10. The van der Waals surface area contributed by atoms with Gasteiger partial charge < -0.3 is 4.74 Å². The van der Waals surface area contributed by atoms with Crippen LogP contribution in [-0.2, 0) is 20.9 Å². The zero-order valence-corrected chi connectivity index (χ0v) is 11.9. The van der Waals surface area contributed by atoms with Crippen LogP contribution in [0.5, 0.6) is 0 Å². The molecule has 4 nitrogen and oxygen atoms in total. The quantitative estimate of drug-likeness (QED) is 0.877. The third-order valence-electron chi connectivity index (χ3n) is 2.63. The molecule has 20 heavy (non-hydrogen) atoms. The molecule has 1 aromatic carbocycles. The molecule has 0 radical (unpaired) electrons. The van der Waals surface area contributed by atoms with E-state index in [-0.39, 0.29) is 17.9 Å². The molecule has 0 amide bonds. The second kappa shape index (κ2) is 6.55. The molecule has 1 aromatic rings. The Labute approximate surface area is 116 Å². The molecular weight excluding hydrogens is 295 g/mol. The van der Waals surface area contributed by atoms with Crippen molar-refractivity contribution in [1.82, 2.24) is 4.72 Å². The highest BCUT2D eigenvalue weighted by atomic mass is 32.2. The minimum atomic E-state index is -4.45. The van der Waals surface area contributed by atoms with Crippen molar-refractivity contribution in [1.29, 1.82) is 0 Å². The van der Waals surface area contributed by atoms with E-state index in [4.69, 9.17) is 0 Å². The van der Waals surface area contributed by atoms with Crippen LogP contribution < -0.4 is 4.72 Å². The second-order valence-corrected chi connectivity index (χ2v) is 6.15. The van der Waals surface area contributed by atoms with Gasteiger partial charge in [0.1, 0.15) is 0 Å². The Kier molecular flexibility index (Phi) is 5.55. The van der Waals surface area contributed by atoms with Crippen molar-refractivity contribution in [3.8, 4) is 0 Å². The molecule has 1 N–H and O–H groups in total. The summed E-state index contributed by atoms with van der Waals surface area (Å²) < 4.78 is 68.0. The summed E-state index contributed by atoms with van der Waals surface area (Å²) in [6.45, 7) is 1.50. The lowest BCUT2D eigenvalue weighted by molar-refractivity contribution is -0.137. The largest absolute Gasteiger partial charge is 0.416 e. The van der Waals surface area contributed by atoms with E-state index < -0.39 is 27.8 Å². The van der Waals surface area contributed by atoms with Crippen LogP contribution in [0.25, 0.3) is 0 Å². The van der Waals surface area contributed by atoms with Crippen molar-refractivity contribution in [2.45, 2.75) is 19.1 Å². The molecule has 0 aliphatic carbocycles. The van der Waals surface area contributed by atoms with Crippen LogP contribution in [0.15, 0.2) is 24.3 Å². The summed E-state index contributed by atoms with van der Waals surface area (Å²) in [5.74, 6) is -0.243. The van der Waals surface area contributed by atoms with Gasteiger partial charge in [-0.25, -0.2) is 13.1 Å². The van der Waals surface area contributed by atoms with Crippen molar-refractivity contribution in [3.05, 3.63) is 35.4 Å². The Morgan fingerprint density at radius 2 is 2.00 bits per heavy atom. The molecule has 0 aliphatic heterocycles. The minimum absolute atomic E-state index is 0.0185. The van der Waals surface area contributed by atoms with Gasteiger partial charge in [-0.05, 0) is 24.6 Å². The van der Waals surface area contributed by atoms with Crippen molar-refractivity contribution >= 4 is 10.0 Å².